The van der Waals surface area contributed by atoms with E-state index >= 15 is 0 Å². The van der Waals surface area contributed by atoms with E-state index in [-0.39, 0.29) is 0 Å². The first-order valence-electron chi connectivity index (χ1n) is 4.69. The number of aromatic nitrogens is 3. The first-order chi connectivity index (χ1) is 7.34. The minimum absolute atomic E-state index is 0.817. The number of allylic oxidation sites excluding steroid dienone is 1. The molecule has 0 radical (unpaired) electrons. The maximum absolute atomic E-state index is 4.19. The summed E-state index contributed by atoms with van der Waals surface area (Å²) in [5, 5.41) is 9.28. The Morgan fingerprint density at radius 3 is 2.80 bits per heavy atom. The Kier molecular flexibility index (Phi) is 1.89. The van der Waals surface area contributed by atoms with Crippen molar-refractivity contribution in [3.63, 3.8) is 0 Å². The van der Waals surface area contributed by atoms with Crippen LogP contribution < -0.4 is 0 Å². The number of benzene rings is 1. The van der Waals surface area contributed by atoms with Crippen molar-refractivity contribution in [2.45, 2.75) is 11.7 Å². The molecule has 0 amide bonds. The highest BCUT2D eigenvalue weighted by atomic mass is 32.2. The van der Waals surface area contributed by atoms with Crippen molar-refractivity contribution in [3.8, 4) is 11.4 Å². The standard InChI is InChI=1S/C11H9N3S/c1-8-7-14-10(12-13-11(14)15-8)9-5-3-2-4-6-9/h2-6H,1,7H2. The van der Waals surface area contributed by atoms with Gasteiger partial charge in [-0.05, 0) is 0 Å². The number of thioether (sulfide) groups is 1. The van der Waals surface area contributed by atoms with Gasteiger partial charge in [0.1, 0.15) is 0 Å². The molecule has 1 aliphatic rings. The van der Waals surface area contributed by atoms with Crippen LogP contribution in [-0.2, 0) is 6.54 Å². The van der Waals surface area contributed by atoms with E-state index in [9.17, 15) is 0 Å². The van der Waals surface area contributed by atoms with E-state index in [4.69, 9.17) is 0 Å². The van der Waals surface area contributed by atoms with Crippen LogP contribution in [0.5, 0.6) is 0 Å². The molecular formula is C11H9N3S. The van der Waals surface area contributed by atoms with Gasteiger partial charge in [0, 0.05) is 10.5 Å². The zero-order valence-electron chi connectivity index (χ0n) is 8.05. The van der Waals surface area contributed by atoms with Gasteiger partial charge in [-0.2, -0.15) is 0 Å². The van der Waals surface area contributed by atoms with Crippen LogP contribution in [0.3, 0.4) is 0 Å². The van der Waals surface area contributed by atoms with Crippen molar-refractivity contribution in [2.75, 3.05) is 0 Å². The lowest BCUT2D eigenvalue weighted by Gasteiger charge is -2.01. The van der Waals surface area contributed by atoms with Crippen LogP contribution in [0, 0.1) is 0 Å². The van der Waals surface area contributed by atoms with E-state index in [2.05, 4.69) is 21.3 Å². The molecule has 0 spiro atoms. The molecule has 2 heterocycles. The average Bonchev–Trinajstić information content (AvgIpc) is 2.77. The van der Waals surface area contributed by atoms with Crippen LogP contribution in [0.25, 0.3) is 11.4 Å². The summed E-state index contributed by atoms with van der Waals surface area (Å²) in [5.41, 5.74) is 1.10. The van der Waals surface area contributed by atoms with Gasteiger partial charge in [0.05, 0.1) is 6.54 Å². The Balaban J connectivity index is 2.12. The second kappa shape index (κ2) is 3.24. The van der Waals surface area contributed by atoms with Gasteiger partial charge in [0.15, 0.2) is 11.0 Å². The fourth-order valence-corrected chi connectivity index (χ4v) is 2.44. The van der Waals surface area contributed by atoms with Crippen LogP contribution in [0.1, 0.15) is 0 Å². The SMILES string of the molecule is C=C1Cn2c(nnc2-c2ccccc2)S1. The van der Waals surface area contributed by atoms with Crippen molar-refractivity contribution in [3.05, 3.63) is 41.8 Å². The molecule has 2 aromatic rings. The van der Waals surface area contributed by atoms with E-state index in [1.54, 1.807) is 11.8 Å². The first kappa shape index (κ1) is 8.73. The summed E-state index contributed by atoms with van der Waals surface area (Å²) >= 11 is 1.60. The second-order valence-electron chi connectivity index (χ2n) is 3.40. The maximum atomic E-state index is 4.19. The highest BCUT2D eigenvalue weighted by molar-refractivity contribution is 8.03. The lowest BCUT2D eigenvalue weighted by Crippen LogP contribution is -1.96. The van der Waals surface area contributed by atoms with Gasteiger partial charge < -0.3 is 0 Å². The molecular weight excluding hydrogens is 206 g/mol. The lowest BCUT2D eigenvalue weighted by molar-refractivity contribution is 0.751. The van der Waals surface area contributed by atoms with E-state index in [0.717, 1.165) is 28.0 Å². The molecule has 0 atom stereocenters. The Bertz CT molecular complexity index is 516. The first-order valence-corrected chi connectivity index (χ1v) is 5.50. The summed E-state index contributed by atoms with van der Waals surface area (Å²) in [6.07, 6.45) is 0. The fourth-order valence-electron chi connectivity index (χ4n) is 1.65. The number of fused-ring (bicyclic) bond motifs is 1. The summed E-state index contributed by atoms with van der Waals surface area (Å²) in [6, 6.07) is 10.1. The van der Waals surface area contributed by atoms with Crippen molar-refractivity contribution in [1.82, 2.24) is 14.8 Å². The third kappa shape index (κ3) is 1.37. The maximum Gasteiger partial charge on any atom is 0.196 e. The van der Waals surface area contributed by atoms with E-state index in [0.29, 0.717) is 0 Å². The summed E-state index contributed by atoms with van der Waals surface area (Å²) < 4.78 is 2.10. The summed E-state index contributed by atoms with van der Waals surface area (Å²) in [5.74, 6) is 0.928. The van der Waals surface area contributed by atoms with Gasteiger partial charge in [-0.3, -0.25) is 4.57 Å². The van der Waals surface area contributed by atoms with Crippen molar-refractivity contribution >= 4 is 11.8 Å². The average molecular weight is 215 g/mol. The van der Waals surface area contributed by atoms with Crippen LogP contribution in [0.15, 0.2) is 47.0 Å². The zero-order chi connectivity index (χ0) is 10.3. The van der Waals surface area contributed by atoms with Crippen LogP contribution in [0.4, 0.5) is 0 Å². The second-order valence-corrected chi connectivity index (χ2v) is 4.55. The lowest BCUT2D eigenvalue weighted by atomic mass is 10.2. The number of nitrogens with zero attached hydrogens (tertiary/aromatic N) is 3. The van der Waals surface area contributed by atoms with E-state index < -0.39 is 0 Å². The molecule has 0 bridgehead atoms. The predicted molar refractivity (Wildman–Crippen MR) is 60.5 cm³/mol. The molecule has 15 heavy (non-hydrogen) atoms. The van der Waals surface area contributed by atoms with E-state index in [1.165, 1.54) is 0 Å². The van der Waals surface area contributed by atoms with Gasteiger partial charge in [0.25, 0.3) is 0 Å². The Morgan fingerprint density at radius 1 is 1.20 bits per heavy atom. The van der Waals surface area contributed by atoms with Crippen LogP contribution >= 0.6 is 11.8 Å². The van der Waals surface area contributed by atoms with Gasteiger partial charge >= 0.3 is 0 Å². The fraction of sp³-hybridized carbons (Fsp3) is 0.0909. The Morgan fingerprint density at radius 2 is 2.00 bits per heavy atom. The third-order valence-electron chi connectivity index (χ3n) is 2.32. The highest BCUT2D eigenvalue weighted by Crippen LogP contribution is 2.35. The Labute approximate surface area is 91.8 Å². The van der Waals surface area contributed by atoms with Gasteiger partial charge in [-0.15, -0.1) is 10.2 Å². The molecule has 0 saturated carbocycles. The summed E-state index contributed by atoms with van der Waals surface area (Å²) in [7, 11) is 0. The van der Waals surface area contributed by atoms with Crippen LogP contribution in [-0.4, -0.2) is 14.8 Å². The van der Waals surface area contributed by atoms with E-state index in [1.807, 2.05) is 30.3 Å². The monoisotopic (exact) mass is 215 g/mol. The minimum Gasteiger partial charge on any atom is -0.297 e. The zero-order valence-corrected chi connectivity index (χ0v) is 8.87. The largest absolute Gasteiger partial charge is 0.297 e. The number of hydrogen-bond acceptors (Lipinski definition) is 3. The van der Waals surface area contributed by atoms with Crippen molar-refractivity contribution in [1.29, 1.82) is 0 Å². The van der Waals surface area contributed by atoms with Gasteiger partial charge in [-0.1, -0.05) is 48.7 Å². The molecule has 1 aromatic heterocycles. The number of hydrogen-bond donors (Lipinski definition) is 0. The summed E-state index contributed by atoms with van der Waals surface area (Å²) in [4.78, 5) is 1.12. The van der Waals surface area contributed by atoms with Gasteiger partial charge in [0.2, 0.25) is 0 Å². The van der Waals surface area contributed by atoms with Crippen LogP contribution in [0.2, 0.25) is 0 Å². The normalized spacial score (nSPS) is 14.3. The predicted octanol–water partition coefficient (Wildman–Crippen LogP) is 2.56. The van der Waals surface area contributed by atoms with Gasteiger partial charge in [-0.25, -0.2) is 0 Å². The highest BCUT2D eigenvalue weighted by Gasteiger charge is 2.21. The molecule has 0 unspecified atom stereocenters. The molecule has 0 fully saturated rings. The molecule has 0 saturated heterocycles. The molecule has 0 aliphatic carbocycles. The van der Waals surface area contributed by atoms with Crippen molar-refractivity contribution in [2.24, 2.45) is 0 Å². The number of rotatable bonds is 1. The molecule has 1 aromatic carbocycles. The topological polar surface area (TPSA) is 30.7 Å². The summed E-state index contributed by atoms with van der Waals surface area (Å²) in [6.45, 7) is 4.77. The molecule has 0 N–H and O–H groups in total. The molecule has 4 heteroatoms. The Hall–Kier alpha value is -1.55. The molecule has 3 rings (SSSR count). The molecule has 1 aliphatic heterocycles. The quantitative estimate of drug-likeness (QED) is 0.732. The molecule has 3 nitrogen and oxygen atoms in total. The minimum atomic E-state index is 0.817. The molecule has 74 valence electrons. The van der Waals surface area contributed by atoms with Crippen molar-refractivity contribution < 1.29 is 0 Å². The third-order valence-corrected chi connectivity index (χ3v) is 3.22. The smallest absolute Gasteiger partial charge is 0.196 e.